The number of hydrogen-bond acceptors (Lipinski definition) is 4. The predicted octanol–water partition coefficient (Wildman–Crippen LogP) is 4.49. The molecule has 1 aromatic carbocycles. The average molecular weight is 375 g/mol. The molecule has 0 radical (unpaired) electrons. The number of rotatable bonds is 9. The van der Waals surface area contributed by atoms with Crippen LogP contribution in [-0.4, -0.2) is 33.2 Å². The van der Waals surface area contributed by atoms with Gasteiger partial charge in [-0.05, 0) is 37.6 Å². The normalized spacial score (nSPS) is 11.3. The molecule has 26 heavy (non-hydrogen) atoms. The van der Waals surface area contributed by atoms with Crippen LogP contribution >= 0.6 is 0 Å². The Morgan fingerprint density at radius 2 is 1.54 bits per heavy atom. The SMILES string of the molecule is CCOC(=O)C(CC=C=CC[Si](C)(C)C)(C(=O)OCC)c1ccccc1. The number of ether oxygens (including phenoxy) is 2. The number of carbonyl (C=O) groups is 2. The number of hydrogen-bond donors (Lipinski definition) is 0. The minimum absolute atomic E-state index is 0.150. The molecule has 0 bridgehead atoms. The molecular weight excluding hydrogens is 344 g/mol. The monoisotopic (exact) mass is 374 g/mol. The van der Waals surface area contributed by atoms with Crippen LogP contribution in [0.4, 0.5) is 0 Å². The molecule has 0 unspecified atom stereocenters. The summed E-state index contributed by atoms with van der Waals surface area (Å²) in [6.07, 6.45) is 3.87. The van der Waals surface area contributed by atoms with Crippen LogP contribution in [0.3, 0.4) is 0 Å². The van der Waals surface area contributed by atoms with Gasteiger partial charge in [0.2, 0.25) is 0 Å². The highest BCUT2D eigenvalue weighted by atomic mass is 28.3. The molecule has 0 atom stereocenters. The molecule has 0 saturated heterocycles. The Bertz CT molecular complexity index is 634. The largest absolute Gasteiger partial charge is 0.465 e. The predicted molar refractivity (Wildman–Crippen MR) is 107 cm³/mol. The maximum atomic E-state index is 12.8. The lowest BCUT2D eigenvalue weighted by molar-refractivity contribution is -0.164. The lowest BCUT2D eigenvalue weighted by Gasteiger charge is -2.28. The van der Waals surface area contributed by atoms with Gasteiger partial charge in [0.25, 0.3) is 0 Å². The molecule has 0 aliphatic heterocycles. The Kier molecular flexibility index (Phi) is 8.56. The van der Waals surface area contributed by atoms with Crippen LogP contribution in [0.5, 0.6) is 0 Å². The first kappa shape index (κ1) is 21.9. The molecule has 0 fully saturated rings. The Morgan fingerprint density at radius 1 is 1.00 bits per heavy atom. The van der Waals surface area contributed by atoms with Gasteiger partial charge in [0, 0.05) is 14.5 Å². The van der Waals surface area contributed by atoms with E-state index in [-0.39, 0.29) is 19.6 Å². The summed E-state index contributed by atoms with van der Waals surface area (Å²) in [6.45, 7) is 10.7. The fraction of sp³-hybridized carbons (Fsp3) is 0.476. The van der Waals surface area contributed by atoms with Gasteiger partial charge in [0.15, 0.2) is 5.41 Å². The zero-order valence-corrected chi connectivity index (χ0v) is 17.5. The summed E-state index contributed by atoms with van der Waals surface area (Å²) in [6, 6.07) is 9.94. The number of benzene rings is 1. The van der Waals surface area contributed by atoms with Crippen molar-refractivity contribution in [1.82, 2.24) is 0 Å². The Hall–Kier alpha value is -2.10. The van der Waals surface area contributed by atoms with Gasteiger partial charge in [0.1, 0.15) is 0 Å². The van der Waals surface area contributed by atoms with E-state index in [1.54, 1.807) is 44.2 Å². The van der Waals surface area contributed by atoms with E-state index in [0.717, 1.165) is 6.04 Å². The van der Waals surface area contributed by atoms with Crippen molar-refractivity contribution in [3.63, 3.8) is 0 Å². The third-order valence-corrected chi connectivity index (χ3v) is 5.30. The molecular formula is C21H30O4Si. The second-order valence-electron chi connectivity index (χ2n) is 7.26. The highest BCUT2D eigenvalue weighted by Crippen LogP contribution is 2.32. The van der Waals surface area contributed by atoms with E-state index in [4.69, 9.17) is 9.47 Å². The third kappa shape index (κ3) is 6.01. The summed E-state index contributed by atoms with van der Waals surface area (Å²) >= 11 is 0. The fourth-order valence-corrected chi connectivity index (χ4v) is 3.23. The van der Waals surface area contributed by atoms with Gasteiger partial charge in [-0.1, -0.05) is 50.0 Å². The molecule has 1 aromatic rings. The van der Waals surface area contributed by atoms with E-state index in [1.165, 1.54) is 0 Å². The van der Waals surface area contributed by atoms with E-state index in [1.807, 2.05) is 12.1 Å². The van der Waals surface area contributed by atoms with Crippen molar-refractivity contribution in [1.29, 1.82) is 0 Å². The molecule has 4 nitrogen and oxygen atoms in total. The molecule has 0 N–H and O–H groups in total. The van der Waals surface area contributed by atoms with Crippen molar-refractivity contribution in [3.05, 3.63) is 53.8 Å². The fourth-order valence-electron chi connectivity index (χ4n) is 2.50. The standard InChI is InChI=1S/C21H30O4Si/c1-6-24-19(22)21(20(23)25-7-2,18-14-10-8-11-15-18)16-12-9-13-17-26(3,4)5/h8,10-15H,6-7,16-17H2,1-5H3. The lowest BCUT2D eigenvalue weighted by Crippen LogP contribution is -2.46. The molecule has 0 amide bonds. The van der Waals surface area contributed by atoms with E-state index < -0.39 is 25.4 Å². The van der Waals surface area contributed by atoms with Gasteiger partial charge < -0.3 is 9.47 Å². The topological polar surface area (TPSA) is 52.6 Å². The van der Waals surface area contributed by atoms with Gasteiger partial charge >= 0.3 is 11.9 Å². The summed E-state index contributed by atoms with van der Waals surface area (Å²) in [5, 5.41) is 0. The Labute approximate surface area is 157 Å². The zero-order chi connectivity index (χ0) is 19.6. The number of allylic oxidation sites excluding steroid dienone is 1. The van der Waals surface area contributed by atoms with Gasteiger partial charge in [-0.2, -0.15) is 0 Å². The zero-order valence-electron chi connectivity index (χ0n) is 16.5. The molecule has 1 rings (SSSR count). The summed E-state index contributed by atoms with van der Waals surface area (Å²) < 4.78 is 10.5. The van der Waals surface area contributed by atoms with Crippen LogP contribution in [0.15, 0.2) is 48.2 Å². The highest BCUT2D eigenvalue weighted by molar-refractivity contribution is 6.76. The van der Waals surface area contributed by atoms with Crippen LogP contribution in [0.2, 0.25) is 25.7 Å². The van der Waals surface area contributed by atoms with Crippen LogP contribution < -0.4 is 0 Å². The highest BCUT2D eigenvalue weighted by Gasteiger charge is 2.49. The van der Waals surface area contributed by atoms with Gasteiger partial charge in [-0.15, -0.1) is 5.73 Å². The lowest BCUT2D eigenvalue weighted by atomic mass is 9.77. The first-order valence-corrected chi connectivity index (χ1v) is 12.8. The Morgan fingerprint density at radius 3 is 2.00 bits per heavy atom. The van der Waals surface area contributed by atoms with Crippen molar-refractivity contribution in [3.8, 4) is 0 Å². The average Bonchev–Trinajstić information content (AvgIpc) is 2.58. The number of esters is 2. The van der Waals surface area contributed by atoms with Gasteiger partial charge in [-0.25, -0.2) is 0 Å². The van der Waals surface area contributed by atoms with E-state index >= 15 is 0 Å². The second kappa shape index (κ2) is 10.1. The molecule has 5 heteroatoms. The molecule has 0 saturated carbocycles. The van der Waals surface area contributed by atoms with Crippen LogP contribution in [0.1, 0.15) is 25.8 Å². The smallest absolute Gasteiger partial charge is 0.328 e. The van der Waals surface area contributed by atoms with Gasteiger partial charge in [0.05, 0.1) is 13.2 Å². The van der Waals surface area contributed by atoms with Crippen molar-refractivity contribution >= 4 is 20.0 Å². The van der Waals surface area contributed by atoms with Crippen molar-refractivity contribution in [2.75, 3.05) is 13.2 Å². The molecule has 0 aromatic heterocycles. The quantitative estimate of drug-likeness (QED) is 0.277. The first-order valence-electron chi connectivity index (χ1n) is 9.07. The van der Waals surface area contributed by atoms with Crippen LogP contribution in [0.25, 0.3) is 0 Å². The summed E-state index contributed by atoms with van der Waals surface area (Å²) in [5.41, 5.74) is 2.19. The van der Waals surface area contributed by atoms with E-state index in [0.29, 0.717) is 5.56 Å². The van der Waals surface area contributed by atoms with Crippen molar-refractivity contribution in [2.45, 2.75) is 51.4 Å². The van der Waals surface area contributed by atoms with Crippen molar-refractivity contribution < 1.29 is 19.1 Å². The first-order chi connectivity index (χ1) is 12.3. The number of carbonyl (C=O) groups excluding carboxylic acids is 2. The van der Waals surface area contributed by atoms with E-state index in [2.05, 4.69) is 25.4 Å². The molecule has 0 aliphatic carbocycles. The molecule has 0 aliphatic rings. The van der Waals surface area contributed by atoms with Crippen LogP contribution in [-0.2, 0) is 24.5 Å². The van der Waals surface area contributed by atoms with Gasteiger partial charge in [-0.3, -0.25) is 9.59 Å². The maximum absolute atomic E-state index is 12.8. The summed E-state index contributed by atoms with van der Waals surface area (Å²) in [5.74, 6) is -1.18. The van der Waals surface area contributed by atoms with Crippen molar-refractivity contribution in [2.24, 2.45) is 0 Å². The maximum Gasteiger partial charge on any atom is 0.328 e. The van der Waals surface area contributed by atoms with E-state index in [9.17, 15) is 9.59 Å². The van der Waals surface area contributed by atoms with Crippen LogP contribution in [0, 0.1) is 0 Å². The minimum Gasteiger partial charge on any atom is -0.465 e. The minimum atomic E-state index is -1.51. The third-order valence-electron chi connectivity index (χ3n) is 3.87. The molecule has 142 valence electrons. The second-order valence-corrected chi connectivity index (χ2v) is 12.8. The summed E-state index contributed by atoms with van der Waals surface area (Å²) in [4.78, 5) is 25.7. The Balaban J connectivity index is 3.31. The molecule has 0 spiro atoms. The summed E-state index contributed by atoms with van der Waals surface area (Å²) in [7, 11) is -1.21. The molecule has 0 heterocycles.